The summed E-state index contributed by atoms with van der Waals surface area (Å²) < 4.78 is 0. The number of rotatable bonds is 4. The Balaban J connectivity index is 1.45. The number of aromatic nitrogens is 1. The van der Waals surface area contributed by atoms with Crippen molar-refractivity contribution in [3.05, 3.63) is 30.1 Å². The lowest BCUT2D eigenvalue weighted by molar-refractivity contribution is -0.122. The minimum atomic E-state index is 0.193. The van der Waals surface area contributed by atoms with Crippen LogP contribution in [-0.4, -0.2) is 10.9 Å². The van der Waals surface area contributed by atoms with Gasteiger partial charge in [-0.3, -0.25) is 9.78 Å². The number of amides is 1. The molecule has 3 heteroatoms. The summed E-state index contributed by atoms with van der Waals surface area (Å²) in [5, 5.41) is 2.98. The van der Waals surface area contributed by atoms with Gasteiger partial charge in [0.15, 0.2) is 0 Å². The van der Waals surface area contributed by atoms with E-state index in [1.165, 1.54) is 25.7 Å². The van der Waals surface area contributed by atoms with Crippen LogP contribution in [0.15, 0.2) is 24.4 Å². The number of nitrogens with one attached hydrogen (secondary N) is 1. The molecular weight excluding hydrogens is 224 g/mol. The lowest BCUT2D eigenvalue weighted by Crippen LogP contribution is -2.27. The molecule has 1 heterocycles. The summed E-state index contributed by atoms with van der Waals surface area (Å²) in [7, 11) is 0. The summed E-state index contributed by atoms with van der Waals surface area (Å²) in [5.74, 6) is 2.59. The van der Waals surface area contributed by atoms with E-state index in [9.17, 15) is 4.79 Å². The van der Waals surface area contributed by atoms with E-state index in [0.717, 1.165) is 17.5 Å². The first-order valence-corrected chi connectivity index (χ1v) is 6.98. The SMILES string of the molecule is O=C(C[C@H]1C[C@H]2CC[C@H]1C2)NCc1ccccn1. The molecule has 2 saturated carbocycles. The largest absolute Gasteiger partial charge is 0.350 e. The Morgan fingerprint density at radius 3 is 2.94 bits per heavy atom. The zero-order valence-electron chi connectivity index (χ0n) is 10.6. The molecule has 2 fully saturated rings. The molecule has 1 aromatic rings. The molecule has 3 atom stereocenters. The summed E-state index contributed by atoms with van der Waals surface area (Å²) in [6, 6.07) is 5.78. The molecule has 0 radical (unpaired) electrons. The van der Waals surface area contributed by atoms with Gasteiger partial charge in [0.25, 0.3) is 0 Å². The summed E-state index contributed by atoms with van der Waals surface area (Å²) in [6.45, 7) is 0.556. The summed E-state index contributed by atoms with van der Waals surface area (Å²) in [6.07, 6.45) is 7.88. The van der Waals surface area contributed by atoms with Crippen molar-refractivity contribution in [2.75, 3.05) is 0 Å². The Kier molecular flexibility index (Phi) is 3.31. The standard InChI is InChI=1S/C15H20N2O/c18-15(17-10-14-3-1-2-6-16-14)9-13-8-11-4-5-12(13)7-11/h1-3,6,11-13H,4-5,7-10H2,(H,17,18)/t11-,12-,13+/m0/s1. The van der Waals surface area contributed by atoms with Gasteiger partial charge in [0.2, 0.25) is 5.91 Å². The Hall–Kier alpha value is -1.38. The predicted molar refractivity (Wildman–Crippen MR) is 69.6 cm³/mol. The highest BCUT2D eigenvalue weighted by Crippen LogP contribution is 2.49. The maximum Gasteiger partial charge on any atom is 0.220 e. The number of hydrogen-bond acceptors (Lipinski definition) is 2. The first-order valence-electron chi connectivity index (χ1n) is 6.98. The molecule has 1 N–H and O–H groups in total. The van der Waals surface area contributed by atoms with Gasteiger partial charge in [-0.25, -0.2) is 0 Å². The molecule has 0 aliphatic heterocycles. The molecule has 96 valence electrons. The third-order valence-corrected chi connectivity index (χ3v) is 4.52. The van der Waals surface area contributed by atoms with Crippen LogP contribution in [0.2, 0.25) is 0 Å². The molecule has 3 nitrogen and oxygen atoms in total. The van der Waals surface area contributed by atoms with Gasteiger partial charge in [-0.15, -0.1) is 0 Å². The average molecular weight is 244 g/mol. The smallest absolute Gasteiger partial charge is 0.220 e. The van der Waals surface area contributed by atoms with Crippen LogP contribution >= 0.6 is 0 Å². The monoisotopic (exact) mass is 244 g/mol. The van der Waals surface area contributed by atoms with Crippen molar-refractivity contribution in [1.82, 2.24) is 10.3 Å². The van der Waals surface area contributed by atoms with Crippen molar-refractivity contribution in [1.29, 1.82) is 0 Å². The first-order chi connectivity index (χ1) is 8.81. The quantitative estimate of drug-likeness (QED) is 0.884. The van der Waals surface area contributed by atoms with Gasteiger partial charge in [0.05, 0.1) is 12.2 Å². The van der Waals surface area contributed by atoms with Crippen molar-refractivity contribution in [2.45, 2.75) is 38.6 Å². The lowest BCUT2D eigenvalue weighted by Gasteiger charge is -2.20. The zero-order chi connectivity index (χ0) is 12.4. The Labute approximate surface area is 108 Å². The van der Waals surface area contributed by atoms with Crippen LogP contribution in [0.4, 0.5) is 0 Å². The van der Waals surface area contributed by atoms with E-state index in [1.54, 1.807) is 6.20 Å². The van der Waals surface area contributed by atoms with Gasteiger partial charge in [0, 0.05) is 12.6 Å². The second kappa shape index (κ2) is 5.09. The molecule has 1 amide bonds. The van der Waals surface area contributed by atoms with Gasteiger partial charge in [0.1, 0.15) is 0 Å². The molecule has 0 aromatic carbocycles. The number of carbonyl (C=O) groups is 1. The van der Waals surface area contributed by atoms with Crippen molar-refractivity contribution in [2.24, 2.45) is 17.8 Å². The van der Waals surface area contributed by atoms with Crippen LogP contribution in [-0.2, 0) is 11.3 Å². The van der Waals surface area contributed by atoms with E-state index in [1.807, 2.05) is 18.2 Å². The Bertz CT molecular complexity index is 418. The molecular formula is C15H20N2O. The topological polar surface area (TPSA) is 42.0 Å². The number of fused-ring (bicyclic) bond motifs is 2. The van der Waals surface area contributed by atoms with Crippen LogP contribution < -0.4 is 5.32 Å². The van der Waals surface area contributed by atoms with Crippen LogP contribution in [0.5, 0.6) is 0 Å². The van der Waals surface area contributed by atoms with Crippen LogP contribution in [0, 0.1) is 17.8 Å². The van der Waals surface area contributed by atoms with Crippen molar-refractivity contribution < 1.29 is 4.79 Å². The van der Waals surface area contributed by atoms with Crippen LogP contribution in [0.3, 0.4) is 0 Å². The summed E-state index contributed by atoms with van der Waals surface area (Å²) in [4.78, 5) is 16.1. The fraction of sp³-hybridized carbons (Fsp3) is 0.600. The van der Waals surface area contributed by atoms with Crippen molar-refractivity contribution >= 4 is 5.91 Å². The van der Waals surface area contributed by atoms with Gasteiger partial charge >= 0.3 is 0 Å². The average Bonchev–Trinajstić information content (AvgIpc) is 3.00. The summed E-state index contributed by atoms with van der Waals surface area (Å²) >= 11 is 0. The number of pyridine rings is 1. The molecule has 3 rings (SSSR count). The fourth-order valence-electron chi connectivity index (χ4n) is 3.63. The Morgan fingerprint density at radius 2 is 2.28 bits per heavy atom. The molecule has 18 heavy (non-hydrogen) atoms. The highest BCUT2D eigenvalue weighted by molar-refractivity contribution is 5.76. The molecule has 0 spiro atoms. The van der Waals surface area contributed by atoms with Gasteiger partial charge < -0.3 is 5.32 Å². The van der Waals surface area contributed by atoms with E-state index in [-0.39, 0.29) is 5.91 Å². The fourth-order valence-corrected chi connectivity index (χ4v) is 3.63. The second-order valence-corrected chi connectivity index (χ2v) is 5.74. The highest BCUT2D eigenvalue weighted by atomic mass is 16.1. The molecule has 0 unspecified atom stereocenters. The zero-order valence-corrected chi connectivity index (χ0v) is 10.6. The number of hydrogen-bond donors (Lipinski definition) is 1. The summed E-state index contributed by atoms with van der Waals surface area (Å²) in [5.41, 5.74) is 0.929. The third kappa shape index (κ3) is 2.55. The van der Waals surface area contributed by atoms with E-state index >= 15 is 0 Å². The molecule has 1 aromatic heterocycles. The number of carbonyl (C=O) groups excluding carboxylic acids is 1. The van der Waals surface area contributed by atoms with Gasteiger partial charge in [-0.1, -0.05) is 12.5 Å². The molecule has 2 aliphatic rings. The number of nitrogens with zero attached hydrogens (tertiary/aromatic N) is 1. The van der Waals surface area contributed by atoms with E-state index in [4.69, 9.17) is 0 Å². The lowest BCUT2D eigenvalue weighted by atomic mass is 9.86. The maximum absolute atomic E-state index is 11.9. The second-order valence-electron chi connectivity index (χ2n) is 5.74. The van der Waals surface area contributed by atoms with Crippen LogP contribution in [0.1, 0.15) is 37.8 Å². The molecule has 2 bridgehead atoms. The van der Waals surface area contributed by atoms with Crippen LogP contribution in [0.25, 0.3) is 0 Å². The molecule has 0 saturated heterocycles. The highest BCUT2D eigenvalue weighted by Gasteiger charge is 2.39. The van der Waals surface area contributed by atoms with Gasteiger partial charge in [-0.2, -0.15) is 0 Å². The van der Waals surface area contributed by atoms with E-state index in [2.05, 4.69) is 10.3 Å². The first kappa shape index (κ1) is 11.7. The normalized spacial score (nSPS) is 29.4. The third-order valence-electron chi connectivity index (χ3n) is 4.52. The van der Waals surface area contributed by atoms with E-state index < -0.39 is 0 Å². The minimum absolute atomic E-state index is 0.193. The maximum atomic E-state index is 11.9. The van der Waals surface area contributed by atoms with Gasteiger partial charge in [-0.05, 0) is 49.1 Å². The minimum Gasteiger partial charge on any atom is -0.350 e. The molecule has 2 aliphatic carbocycles. The van der Waals surface area contributed by atoms with E-state index in [0.29, 0.717) is 18.9 Å². The van der Waals surface area contributed by atoms with Crippen molar-refractivity contribution in [3.63, 3.8) is 0 Å². The predicted octanol–water partition coefficient (Wildman–Crippen LogP) is 2.52. The van der Waals surface area contributed by atoms with Crippen molar-refractivity contribution in [3.8, 4) is 0 Å². The Morgan fingerprint density at radius 1 is 1.33 bits per heavy atom.